The van der Waals surface area contributed by atoms with E-state index in [9.17, 15) is 19.2 Å². The molecule has 2 amide bonds. The van der Waals surface area contributed by atoms with Crippen molar-refractivity contribution in [3.8, 4) is 0 Å². The van der Waals surface area contributed by atoms with Crippen LogP contribution in [0, 0.1) is 0 Å². The van der Waals surface area contributed by atoms with Crippen LogP contribution in [-0.2, 0) is 28.6 Å². The SMILES string of the molecule is COC(=O)[C@@H]1CCC(=O)N1C(=O)OC(C)(C)C.COC(=O)[C@@H]1CCC(C)=N1. The molecular weight excluding hydrogens is 356 g/mol. The zero-order valence-electron chi connectivity index (χ0n) is 16.7. The lowest BCUT2D eigenvalue weighted by Gasteiger charge is -2.26. The van der Waals surface area contributed by atoms with Crippen LogP contribution in [0.15, 0.2) is 4.99 Å². The molecule has 0 N–H and O–H groups in total. The van der Waals surface area contributed by atoms with Gasteiger partial charge < -0.3 is 14.2 Å². The van der Waals surface area contributed by atoms with Gasteiger partial charge in [0, 0.05) is 12.1 Å². The van der Waals surface area contributed by atoms with E-state index in [2.05, 4.69) is 14.5 Å². The summed E-state index contributed by atoms with van der Waals surface area (Å²) >= 11 is 0. The van der Waals surface area contributed by atoms with E-state index in [1.807, 2.05) is 6.92 Å². The van der Waals surface area contributed by atoms with Crippen LogP contribution < -0.4 is 0 Å². The minimum absolute atomic E-state index is 0.152. The highest BCUT2D eigenvalue weighted by Gasteiger charge is 2.42. The maximum absolute atomic E-state index is 11.8. The molecule has 0 aromatic heterocycles. The van der Waals surface area contributed by atoms with Gasteiger partial charge in [0.25, 0.3) is 0 Å². The Balaban J connectivity index is 0.000000309. The number of ether oxygens (including phenoxy) is 3. The van der Waals surface area contributed by atoms with Crippen LogP contribution in [0.25, 0.3) is 0 Å². The Bertz CT molecular complexity index is 622. The summed E-state index contributed by atoms with van der Waals surface area (Å²) in [4.78, 5) is 50.5. The van der Waals surface area contributed by atoms with Gasteiger partial charge in [-0.2, -0.15) is 0 Å². The predicted octanol–water partition coefficient (Wildman–Crippen LogP) is 1.87. The number of aliphatic imine (C=N–C) groups is 1. The van der Waals surface area contributed by atoms with Gasteiger partial charge in [-0.05, 0) is 47.0 Å². The molecule has 9 heteroatoms. The normalized spacial score (nSPS) is 21.8. The maximum Gasteiger partial charge on any atom is 0.417 e. The molecule has 0 spiro atoms. The van der Waals surface area contributed by atoms with Crippen molar-refractivity contribution in [2.75, 3.05) is 14.2 Å². The Kier molecular flexibility index (Phi) is 7.93. The molecule has 1 fully saturated rings. The van der Waals surface area contributed by atoms with Gasteiger partial charge in [0.15, 0.2) is 0 Å². The number of carbonyl (C=O) groups is 4. The van der Waals surface area contributed by atoms with Crippen LogP contribution >= 0.6 is 0 Å². The van der Waals surface area contributed by atoms with E-state index in [1.165, 1.54) is 14.2 Å². The molecule has 0 saturated carbocycles. The Morgan fingerprint density at radius 1 is 1.04 bits per heavy atom. The smallest absolute Gasteiger partial charge is 0.417 e. The van der Waals surface area contributed by atoms with Crippen molar-refractivity contribution < 1.29 is 33.4 Å². The molecule has 2 heterocycles. The van der Waals surface area contributed by atoms with Gasteiger partial charge >= 0.3 is 18.0 Å². The fourth-order valence-electron chi connectivity index (χ4n) is 2.63. The molecule has 0 aromatic carbocycles. The molecule has 0 unspecified atom stereocenters. The Morgan fingerprint density at radius 2 is 1.63 bits per heavy atom. The number of hydrogen-bond donors (Lipinski definition) is 0. The monoisotopic (exact) mass is 384 g/mol. The van der Waals surface area contributed by atoms with E-state index in [0.29, 0.717) is 0 Å². The number of rotatable bonds is 2. The van der Waals surface area contributed by atoms with E-state index >= 15 is 0 Å². The Morgan fingerprint density at radius 3 is 2.07 bits per heavy atom. The number of hydrogen-bond acceptors (Lipinski definition) is 8. The second-order valence-electron chi connectivity index (χ2n) is 7.26. The number of imide groups is 1. The standard InChI is InChI=1S/C11H17NO5.C7H11NO2/c1-11(2,3)17-10(15)12-7(9(14)16-4)5-6-8(12)13;1-5-3-4-6(8-5)7(9)10-2/h7H,5-6H2,1-4H3;6H,3-4H2,1-2H3/t7-;6-/m00/s1. The second kappa shape index (κ2) is 9.48. The topological polar surface area (TPSA) is 112 Å². The summed E-state index contributed by atoms with van der Waals surface area (Å²) in [5.74, 6) is -1.21. The van der Waals surface area contributed by atoms with Crippen molar-refractivity contribution in [3.63, 3.8) is 0 Å². The summed E-state index contributed by atoms with van der Waals surface area (Å²) in [6.07, 6.45) is 1.39. The Hall–Kier alpha value is -2.45. The molecule has 2 aliphatic rings. The van der Waals surface area contributed by atoms with Crippen LogP contribution in [0.5, 0.6) is 0 Å². The van der Waals surface area contributed by atoms with Gasteiger partial charge in [-0.3, -0.25) is 9.79 Å². The van der Waals surface area contributed by atoms with Gasteiger partial charge in [0.2, 0.25) is 5.91 Å². The summed E-state index contributed by atoms with van der Waals surface area (Å²) in [5.41, 5.74) is 0.344. The average molecular weight is 384 g/mol. The second-order valence-corrected chi connectivity index (χ2v) is 7.26. The van der Waals surface area contributed by atoms with E-state index < -0.39 is 29.6 Å². The Labute approximate surface area is 159 Å². The highest BCUT2D eigenvalue weighted by molar-refractivity contribution is 5.99. The first kappa shape index (κ1) is 22.6. The first-order chi connectivity index (χ1) is 12.5. The molecule has 2 rings (SSSR count). The summed E-state index contributed by atoms with van der Waals surface area (Å²) < 4.78 is 14.2. The van der Waals surface area contributed by atoms with Crippen molar-refractivity contribution in [2.45, 2.75) is 71.1 Å². The lowest BCUT2D eigenvalue weighted by atomic mass is 10.2. The third kappa shape index (κ3) is 6.65. The molecule has 0 bridgehead atoms. The number of carbonyl (C=O) groups excluding carboxylic acids is 4. The van der Waals surface area contributed by atoms with Crippen molar-refractivity contribution >= 4 is 29.7 Å². The third-order valence-electron chi connectivity index (χ3n) is 3.90. The van der Waals surface area contributed by atoms with Crippen molar-refractivity contribution in [2.24, 2.45) is 4.99 Å². The van der Waals surface area contributed by atoms with Crippen molar-refractivity contribution in [3.05, 3.63) is 0 Å². The van der Waals surface area contributed by atoms with Crippen molar-refractivity contribution in [1.82, 2.24) is 4.90 Å². The largest absolute Gasteiger partial charge is 0.467 e. The molecule has 0 aromatic rings. The zero-order valence-corrected chi connectivity index (χ0v) is 16.7. The van der Waals surface area contributed by atoms with Gasteiger partial charge in [0.05, 0.1) is 14.2 Å². The number of methoxy groups -OCH3 is 2. The summed E-state index contributed by atoms with van der Waals surface area (Å²) in [6, 6.07) is -1.08. The number of esters is 2. The van der Waals surface area contributed by atoms with E-state index in [1.54, 1.807) is 20.8 Å². The van der Waals surface area contributed by atoms with E-state index in [-0.39, 0.29) is 24.9 Å². The number of likely N-dealkylation sites (tertiary alicyclic amines) is 1. The lowest BCUT2D eigenvalue weighted by molar-refractivity contribution is -0.148. The quantitative estimate of drug-likeness (QED) is 0.528. The van der Waals surface area contributed by atoms with Crippen LogP contribution in [-0.4, -0.2) is 66.5 Å². The third-order valence-corrected chi connectivity index (χ3v) is 3.90. The molecule has 2 atom stereocenters. The van der Waals surface area contributed by atoms with Crippen LogP contribution in [0.3, 0.4) is 0 Å². The van der Waals surface area contributed by atoms with Crippen LogP contribution in [0.4, 0.5) is 4.79 Å². The fraction of sp³-hybridized carbons (Fsp3) is 0.722. The number of nitrogens with zero attached hydrogens (tertiary/aromatic N) is 2. The first-order valence-corrected chi connectivity index (χ1v) is 8.74. The molecule has 2 aliphatic heterocycles. The minimum Gasteiger partial charge on any atom is -0.467 e. The van der Waals surface area contributed by atoms with Gasteiger partial charge in [-0.25, -0.2) is 19.3 Å². The van der Waals surface area contributed by atoms with Gasteiger partial charge in [-0.1, -0.05) is 0 Å². The highest BCUT2D eigenvalue weighted by Crippen LogP contribution is 2.22. The molecular formula is C18H28N2O7. The van der Waals surface area contributed by atoms with Gasteiger partial charge in [-0.15, -0.1) is 0 Å². The molecule has 9 nitrogen and oxygen atoms in total. The van der Waals surface area contributed by atoms with Crippen molar-refractivity contribution in [1.29, 1.82) is 0 Å². The predicted molar refractivity (Wildman–Crippen MR) is 96.3 cm³/mol. The highest BCUT2D eigenvalue weighted by atomic mass is 16.6. The summed E-state index contributed by atoms with van der Waals surface area (Å²) in [6.45, 7) is 7.01. The molecule has 27 heavy (non-hydrogen) atoms. The molecule has 152 valence electrons. The molecule has 0 radical (unpaired) electrons. The average Bonchev–Trinajstić information content (AvgIpc) is 3.18. The van der Waals surface area contributed by atoms with Crippen LogP contribution in [0.2, 0.25) is 0 Å². The molecule has 0 aliphatic carbocycles. The summed E-state index contributed by atoms with van der Waals surface area (Å²) in [7, 11) is 2.61. The van der Waals surface area contributed by atoms with Gasteiger partial charge in [0.1, 0.15) is 17.7 Å². The zero-order chi connectivity index (χ0) is 20.8. The lowest BCUT2D eigenvalue weighted by Crippen LogP contribution is -2.45. The van der Waals surface area contributed by atoms with Crippen LogP contribution in [0.1, 0.15) is 53.4 Å². The summed E-state index contributed by atoms with van der Waals surface area (Å²) in [5, 5.41) is 0. The fourth-order valence-corrected chi connectivity index (χ4v) is 2.63. The maximum atomic E-state index is 11.8. The minimum atomic E-state index is -0.859. The number of amides is 2. The molecule has 1 saturated heterocycles. The van der Waals surface area contributed by atoms with E-state index in [4.69, 9.17) is 4.74 Å². The first-order valence-electron chi connectivity index (χ1n) is 8.74. The van der Waals surface area contributed by atoms with E-state index in [0.717, 1.165) is 23.5 Å².